The van der Waals surface area contributed by atoms with Crippen LogP contribution in [-0.4, -0.2) is 29.8 Å². The highest BCUT2D eigenvalue weighted by Crippen LogP contribution is 2.34. The number of nitrogens with one attached hydrogen (secondary N) is 1. The smallest absolute Gasteiger partial charge is 0.162 e. The van der Waals surface area contributed by atoms with Gasteiger partial charge in [0.05, 0.1) is 16.9 Å². The van der Waals surface area contributed by atoms with E-state index in [9.17, 15) is 4.79 Å². The van der Waals surface area contributed by atoms with Gasteiger partial charge in [-0.05, 0) is 38.1 Å². The van der Waals surface area contributed by atoms with Crippen LogP contribution in [0.4, 0.5) is 5.69 Å². The molecule has 1 N–H and O–H groups in total. The van der Waals surface area contributed by atoms with Crippen molar-refractivity contribution in [1.29, 1.82) is 0 Å². The molecule has 0 aliphatic rings. The Labute approximate surface area is 129 Å². The Morgan fingerprint density at radius 2 is 2.00 bits per heavy atom. The molecule has 4 heteroatoms. The zero-order valence-electron chi connectivity index (χ0n) is 13.3. The SMILES string of the molecule is CC(=O)c1c(C)[nH]c2c(N(C)C)cc(-c3ccccn3)cc12. The molecule has 0 atom stereocenters. The number of carbonyl (C=O) groups excluding carboxylic acids is 1. The number of aromatic nitrogens is 2. The molecule has 1 aromatic carbocycles. The van der Waals surface area contributed by atoms with Gasteiger partial charge in [0.25, 0.3) is 0 Å². The van der Waals surface area contributed by atoms with Crippen molar-refractivity contribution < 1.29 is 4.79 Å². The van der Waals surface area contributed by atoms with Crippen LogP contribution in [0, 0.1) is 6.92 Å². The average molecular weight is 293 g/mol. The fourth-order valence-electron chi connectivity index (χ4n) is 2.90. The monoisotopic (exact) mass is 293 g/mol. The molecule has 0 amide bonds. The number of anilines is 1. The first-order valence-electron chi connectivity index (χ1n) is 7.25. The maximum Gasteiger partial charge on any atom is 0.162 e. The predicted molar refractivity (Wildman–Crippen MR) is 90.6 cm³/mol. The molecule has 112 valence electrons. The summed E-state index contributed by atoms with van der Waals surface area (Å²) in [6.07, 6.45) is 1.78. The summed E-state index contributed by atoms with van der Waals surface area (Å²) >= 11 is 0. The summed E-state index contributed by atoms with van der Waals surface area (Å²) in [5.74, 6) is 0.0756. The van der Waals surface area contributed by atoms with Gasteiger partial charge in [-0.3, -0.25) is 9.78 Å². The quantitative estimate of drug-likeness (QED) is 0.747. The molecule has 0 radical (unpaired) electrons. The fraction of sp³-hybridized carbons (Fsp3) is 0.222. The third kappa shape index (κ3) is 2.26. The number of hydrogen-bond acceptors (Lipinski definition) is 3. The number of H-pyrrole nitrogens is 1. The van der Waals surface area contributed by atoms with Crippen molar-refractivity contribution in [3.63, 3.8) is 0 Å². The molecular formula is C18H19N3O. The Kier molecular flexibility index (Phi) is 3.45. The molecule has 3 aromatic rings. The van der Waals surface area contributed by atoms with Gasteiger partial charge >= 0.3 is 0 Å². The fourth-order valence-corrected chi connectivity index (χ4v) is 2.90. The van der Waals surface area contributed by atoms with Crippen molar-refractivity contribution in [1.82, 2.24) is 9.97 Å². The van der Waals surface area contributed by atoms with Gasteiger partial charge in [-0.2, -0.15) is 0 Å². The molecule has 0 bridgehead atoms. The molecule has 0 fully saturated rings. The normalized spacial score (nSPS) is 10.9. The van der Waals surface area contributed by atoms with Gasteiger partial charge in [-0.25, -0.2) is 0 Å². The number of benzene rings is 1. The molecule has 3 rings (SSSR count). The molecule has 0 unspecified atom stereocenters. The second-order valence-corrected chi connectivity index (χ2v) is 5.71. The van der Waals surface area contributed by atoms with Crippen molar-refractivity contribution in [2.24, 2.45) is 0 Å². The summed E-state index contributed by atoms with van der Waals surface area (Å²) in [6, 6.07) is 10.00. The molecule has 22 heavy (non-hydrogen) atoms. The molecule has 0 aliphatic heterocycles. The van der Waals surface area contributed by atoms with Gasteiger partial charge in [-0.1, -0.05) is 6.07 Å². The van der Waals surface area contributed by atoms with Crippen LogP contribution in [0.1, 0.15) is 23.0 Å². The van der Waals surface area contributed by atoms with Gasteiger partial charge in [0, 0.05) is 42.5 Å². The lowest BCUT2D eigenvalue weighted by atomic mass is 10.0. The Morgan fingerprint density at radius 1 is 1.23 bits per heavy atom. The number of aromatic amines is 1. The van der Waals surface area contributed by atoms with Gasteiger partial charge in [0.1, 0.15) is 0 Å². The number of hydrogen-bond donors (Lipinski definition) is 1. The lowest BCUT2D eigenvalue weighted by molar-refractivity contribution is 0.101. The lowest BCUT2D eigenvalue weighted by Gasteiger charge is -2.15. The number of carbonyl (C=O) groups is 1. The number of fused-ring (bicyclic) bond motifs is 1. The van der Waals surface area contributed by atoms with Crippen LogP contribution < -0.4 is 4.90 Å². The van der Waals surface area contributed by atoms with Crippen molar-refractivity contribution in [2.45, 2.75) is 13.8 Å². The topological polar surface area (TPSA) is 49.0 Å². The van der Waals surface area contributed by atoms with Crippen molar-refractivity contribution in [3.05, 3.63) is 47.8 Å². The summed E-state index contributed by atoms with van der Waals surface area (Å²) < 4.78 is 0. The van der Waals surface area contributed by atoms with E-state index in [1.165, 1.54) is 0 Å². The van der Waals surface area contributed by atoms with Crippen molar-refractivity contribution >= 4 is 22.4 Å². The minimum Gasteiger partial charge on any atom is -0.376 e. The Bertz CT molecular complexity index is 848. The van der Waals surface area contributed by atoms with E-state index in [1.54, 1.807) is 13.1 Å². The van der Waals surface area contributed by atoms with Gasteiger partial charge in [0.2, 0.25) is 0 Å². The van der Waals surface area contributed by atoms with Crippen LogP contribution in [0.2, 0.25) is 0 Å². The number of Topliss-reactive ketones (excluding diaryl/α,β-unsaturated/α-hetero) is 1. The van der Waals surface area contributed by atoms with Gasteiger partial charge in [0.15, 0.2) is 5.78 Å². The number of aryl methyl sites for hydroxylation is 1. The first kappa shape index (κ1) is 14.3. The van der Waals surface area contributed by atoms with Crippen LogP contribution in [0.25, 0.3) is 22.2 Å². The largest absolute Gasteiger partial charge is 0.376 e. The number of ketones is 1. The first-order chi connectivity index (χ1) is 10.5. The third-order valence-corrected chi connectivity index (χ3v) is 3.87. The third-order valence-electron chi connectivity index (χ3n) is 3.87. The predicted octanol–water partition coefficient (Wildman–Crippen LogP) is 3.81. The molecule has 0 saturated heterocycles. The number of nitrogens with zero attached hydrogens (tertiary/aromatic N) is 2. The molecule has 0 spiro atoms. The molecule has 0 aliphatic carbocycles. The van der Waals surface area contributed by atoms with Gasteiger partial charge in [-0.15, -0.1) is 0 Å². The second-order valence-electron chi connectivity index (χ2n) is 5.71. The van der Waals surface area contributed by atoms with Crippen LogP contribution in [0.3, 0.4) is 0 Å². The maximum atomic E-state index is 12.0. The zero-order valence-corrected chi connectivity index (χ0v) is 13.3. The standard InChI is InChI=1S/C18H19N3O/c1-11-17(12(2)22)14-9-13(15-7-5-6-8-19-15)10-16(21(3)4)18(14)20-11/h5-10,20H,1-4H3. The molecule has 0 saturated carbocycles. The number of rotatable bonds is 3. The maximum absolute atomic E-state index is 12.0. The van der Waals surface area contributed by atoms with Crippen LogP contribution in [0.15, 0.2) is 36.5 Å². The minimum absolute atomic E-state index is 0.0756. The number of pyridine rings is 1. The Morgan fingerprint density at radius 3 is 2.59 bits per heavy atom. The van der Waals surface area contributed by atoms with Crippen molar-refractivity contribution in [3.8, 4) is 11.3 Å². The molecule has 4 nitrogen and oxygen atoms in total. The Balaban J connectivity index is 2.37. The van der Waals surface area contributed by atoms with E-state index in [1.807, 2.05) is 45.3 Å². The zero-order chi connectivity index (χ0) is 15.9. The van der Waals surface area contributed by atoms with Crippen molar-refractivity contribution in [2.75, 3.05) is 19.0 Å². The van der Waals surface area contributed by atoms with Crippen LogP contribution in [-0.2, 0) is 0 Å². The molecule has 2 aromatic heterocycles. The summed E-state index contributed by atoms with van der Waals surface area (Å²) in [5, 5.41) is 0.955. The van der Waals surface area contributed by atoms with E-state index in [-0.39, 0.29) is 5.78 Å². The summed E-state index contributed by atoms with van der Waals surface area (Å²) in [5.41, 5.74) is 5.62. The average Bonchev–Trinajstić information content (AvgIpc) is 2.82. The highest BCUT2D eigenvalue weighted by atomic mass is 16.1. The van der Waals surface area contributed by atoms with E-state index in [0.29, 0.717) is 0 Å². The van der Waals surface area contributed by atoms with E-state index < -0.39 is 0 Å². The molecule has 2 heterocycles. The summed E-state index contributed by atoms with van der Waals surface area (Å²) in [7, 11) is 4.00. The second kappa shape index (κ2) is 5.30. The van der Waals surface area contributed by atoms with Crippen LogP contribution >= 0.6 is 0 Å². The lowest BCUT2D eigenvalue weighted by Crippen LogP contribution is -2.09. The van der Waals surface area contributed by atoms with Gasteiger partial charge < -0.3 is 9.88 Å². The van der Waals surface area contributed by atoms with E-state index in [2.05, 4.69) is 20.9 Å². The minimum atomic E-state index is 0.0756. The summed E-state index contributed by atoms with van der Waals surface area (Å²) in [4.78, 5) is 21.8. The van der Waals surface area contributed by atoms with E-state index in [4.69, 9.17) is 0 Å². The van der Waals surface area contributed by atoms with E-state index >= 15 is 0 Å². The highest BCUT2D eigenvalue weighted by molar-refractivity contribution is 6.11. The van der Waals surface area contributed by atoms with Crippen LogP contribution in [0.5, 0.6) is 0 Å². The molecular weight excluding hydrogens is 274 g/mol. The highest BCUT2D eigenvalue weighted by Gasteiger charge is 2.17. The first-order valence-corrected chi connectivity index (χ1v) is 7.25. The van der Waals surface area contributed by atoms with E-state index in [0.717, 1.165) is 39.1 Å². The Hall–Kier alpha value is -2.62. The summed E-state index contributed by atoms with van der Waals surface area (Å²) in [6.45, 7) is 3.55.